The number of carbonyl (C=O) groups is 1. The van der Waals surface area contributed by atoms with E-state index in [2.05, 4.69) is 16.3 Å². The lowest BCUT2D eigenvalue weighted by molar-refractivity contribution is -0.0964. The van der Waals surface area contributed by atoms with E-state index in [0.29, 0.717) is 66.5 Å². The number of aliphatic hydroxyl groups excluding tert-OH is 2. The number of fused-ring (bicyclic) bond motifs is 6. The van der Waals surface area contributed by atoms with E-state index >= 15 is 0 Å². The first-order valence-electron chi connectivity index (χ1n) is 23.6. The Balaban J connectivity index is 0.000000122. The second-order valence-corrected chi connectivity index (χ2v) is 18.2. The zero-order valence-corrected chi connectivity index (χ0v) is 40.2. The number of para-hydroxylation sites is 6. The van der Waals surface area contributed by atoms with E-state index in [1.165, 1.54) is 36.4 Å². The van der Waals surface area contributed by atoms with Crippen LogP contribution < -0.4 is 29.3 Å². The van der Waals surface area contributed by atoms with Crippen LogP contribution in [0.3, 0.4) is 0 Å². The predicted molar refractivity (Wildman–Crippen MR) is 268 cm³/mol. The summed E-state index contributed by atoms with van der Waals surface area (Å²) < 4.78 is 83.7. The van der Waals surface area contributed by atoms with Gasteiger partial charge in [0.15, 0.2) is 34.5 Å². The van der Waals surface area contributed by atoms with E-state index in [4.69, 9.17) is 37.9 Å². The number of ether oxygens (including phenoxy) is 8. The molecule has 6 aromatic carbocycles. The van der Waals surface area contributed by atoms with Crippen LogP contribution in [-0.2, 0) is 23.7 Å². The summed E-state index contributed by atoms with van der Waals surface area (Å²) in [5, 5.41) is 23.4. The van der Waals surface area contributed by atoms with Crippen molar-refractivity contribution in [3.63, 3.8) is 0 Å². The molecule has 1 unspecified atom stereocenters. The summed E-state index contributed by atoms with van der Waals surface area (Å²) in [6, 6.07) is 35.4. The first kappa shape index (κ1) is 50.4. The summed E-state index contributed by atoms with van der Waals surface area (Å²) in [6.45, 7) is 7.86. The highest BCUT2D eigenvalue weighted by Crippen LogP contribution is 2.50. The molecule has 0 amide bonds. The molecule has 1 fully saturated rings. The fourth-order valence-corrected chi connectivity index (χ4v) is 8.50. The molecule has 73 heavy (non-hydrogen) atoms. The lowest BCUT2D eigenvalue weighted by Gasteiger charge is -2.43. The van der Waals surface area contributed by atoms with Gasteiger partial charge in [-0.2, -0.15) is 0 Å². The quantitative estimate of drug-likeness (QED) is 0.114. The molecule has 6 aliphatic rings. The van der Waals surface area contributed by atoms with Crippen LogP contribution in [0.15, 0.2) is 152 Å². The van der Waals surface area contributed by atoms with Crippen LogP contribution in [0.5, 0.6) is 34.5 Å². The summed E-state index contributed by atoms with van der Waals surface area (Å²) in [6.07, 6.45) is 4.74. The minimum Gasteiger partial charge on any atom is -0.453 e. The van der Waals surface area contributed by atoms with Crippen LogP contribution in [-0.4, -0.2) is 92.0 Å². The Morgan fingerprint density at radius 1 is 0.575 bits per heavy atom. The van der Waals surface area contributed by atoms with Crippen molar-refractivity contribution in [3.05, 3.63) is 169 Å². The average Bonchev–Trinajstić information content (AvgIpc) is 3.38. The van der Waals surface area contributed by atoms with Crippen molar-refractivity contribution >= 4 is 40.3 Å². The Kier molecular flexibility index (Phi) is 15.5. The van der Waals surface area contributed by atoms with Crippen LogP contribution in [0.2, 0.25) is 0 Å². The topological polar surface area (TPSA) is 150 Å². The molecule has 0 bridgehead atoms. The third-order valence-electron chi connectivity index (χ3n) is 11.7. The fourth-order valence-electron chi connectivity index (χ4n) is 8.50. The summed E-state index contributed by atoms with van der Waals surface area (Å²) in [5.74, 6) is 3.00. The second kappa shape index (κ2) is 22.5. The number of benzene rings is 6. The Morgan fingerprint density at radius 3 is 1.71 bits per heavy atom. The van der Waals surface area contributed by atoms with Crippen molar-refractivity contribution in [1.29, 1.82) is 0 Å². The molecule has 5 atom stereocenters. The van der Waals surface area contributed by atoms with Gasteiger partial charge in [-0.05, 0) is 99.6 Å². The number of nitrogens with one attached hydrogen (secondary N) is 1. The number of rotatable bonds is 3. The Bertz CT molecular complexity index is 2970. The van der Waals surface area contributed by atoms with Gasteiger partial charge in [-0.15, -0.1) is 0 Å². The number of carbonyl (C=O) groups excluding carboxylic acids is 1. The first-order valence-corrected chi connectivity index (χ1v) is 23.6. The van der Waals surface area contributed by atoms with Gasteiger partial charge in [-0.25, -0.2) is 18.0 Å². The average molecular weight is 1000 g/mol. The molecule has 6 aromatic rings. The molecule has 17 heteroatoms. The highest BCUT2D eigenvalue weighted by Gasteiger charge is 2.40. The monoisotopic (exact) mass is 1000 g/mol. The van der Waals surface area contributed by atoms with Crippen molar-refractivity contribution < 1.29 is 66.1 Å². The highest BCUT2D eigenvalue weighted by molar-refractivity contribution is 5.80. The van der Waals surface area contributed by atoms with Crippen molar-refractivity contribution in [2.24, 2.45) is 0 Å². The van der Waals surface area contributed by atoms with Crippen LogP contribution in [0.1, 0.15) is 20.8 Å². The number of aliphatic hydroxyl groups is 2. The van der Waals surface area contributed by atoms with E-state index in [9.17, 15) is 28.2 Å². The summed E-state index contributed by atoms with van der Waals surface area (Å²) >= 11 is 0. The van der Waals surface area contributed by atoms with Gasteiger partial charge in [-0.3, -0.25) is 0 Å². The maximum absolute atomic E-state index is 13.8. The van der Waals surface area contributed by atoms with Gasteiger partial charge in [0.2, 0.25) is 0 Å². The smallest absolute Gasteiger partial charge is 0.453 e. The molecule has 0 saturated carbocycles. The zero-order valence-electron chi connectivity index (χ0n) is 40.2. The van der Waals surface area contributed by atoms with Crippen molar-refractivity contribution in [1.82, 2.24) is 0 Å². The zero-order chi connectivity index (χ0) is 51.1. The number of anilines is 6. The lowest BCUT2D eigenvalue weighted by atomic mass is 9.99. The fraction of sp³-hybridized carbons (Fsp3) is 0.268. The Labute approximate surface area is 420 Å². The molecule has 0 aromatic heterocycles. The van der Waals surface area contributed by atoms with Crippen molar-refractivity contribution in [3.8, 4) is 34.5 Å². The molecule has 14 nitrogen and oxygen atoms in total. The normalized spacial score (nSPS) is 20.6. The molecule has 0 spiro atoms. The van der Waals surface area contributed by atoms with Crippen LogP contribution in [0.25, 0.3) is 0 Å². The Morgan fingerprint density at radius 2 is 1.10 bits per heavy atom. The molecular weight excluding hydrogens is 948 g/mol. The van der Waals surface area contributed by atoms with Gasteiger partial charge in [0.25, 0.3) is 0 Å². The third-order valence-corrected chi connectivity index (χ3v) is 11.7. The number of nitrogens with zero attached hydrogens (tertiary/aromatic N) is 2. The molecule has 380 valence electrons. The summed E-state index contributed by atoms with van der Waals surface area (Å²) in [5.41, 5.74) is 3.86. The highest BCUT2D eigenvalue weighted by atomic mass is 19.1. The van der Waals surface area contributed by atoms with Gasteiger partial charge in [0.1, 0.15) is 41.4 Å². The van der Waals surface area contributed by atoms with Crippen LogP contribution in [0.4, 0.5) is 52.1 Å². The lowest BCUT2D eigenvalue weighted by Crippen LogP contribution is -2.55. The van der Waals surface area contributed by atoms with Crippen molar-refractivity contribution in [2.45, 2.75) is 56.8 Å². The Hall–Kier alpha value is -7.54. The molecule has 6 aliphatic heterocycles. The SMILES string of the molecule is CC(C)(C)OC(=O)OC1C=CCOC1.Fc1ccc2c(c1)N([C@@H]1C=CCOC1)c1ccccc1O2.Fc1ccc2c(c1)Nc1ccccc1O2.O[C@H]1[C@@H](O)COC[C@@H]1N1c2ccccc2Oc2ccc(F)cc21. The maximum Gasteiger partial charge on any atom is 0.509 e. The predicted octanol–water partition coefficient (Wildman–Crippen LogP) is 11.8. The van der Waals surface area contributed by atoms with E-state index in [1.54, 1.807) is 56.0 Å². The second-order valence-electron chi connectivity index (χ2n) is 18.2. The number of hydrogen-bond acceptors (Lipinski definition) is 14. The standard InChI is InChI=1S/C17H16FNO4.C17H14FNO2.C12H8FNO.C10H16O4/c18-10-5-6-16-12(7-10)19(11-3-1-2-4-15(11)23-16)13-8-22-9-14(20)17(13)21;18-12-7-8-17-15(10-12)19(13-4-3-9-20-11-13)14-5-1-2-6-16(14)21-17;13-8-5-6-12-10(7-8)14-9-3-1-2-4-11(9)15-12;1-10(2,3)14-9(11)13-8-5-4-6-12-7-8/h1-7,13-14,17,20-21H,8-9H2;1-8,10,13H,9,11H2;1-7,14H;4-5,8H,6-7H2,1-3H3/t13-,14-,17+;13-;;/m01../s1. The minimum absolute atomic E-state index is 0.0318. The van der Waals surface area contributed by atoms with Gasteiger partial charge in [-0.1, -0.05) is 54.6 Å². The van der Waals surface area contributed by atoms with Gasteiger partial charge in [0.05, 0.1) is 85.8 Å². The van der Waals surface area contributed by atoms with E-state index in [1.807, 2.05) is 78.9 Å². The number of hydrogen-bond donors (Lipinski definition) is 3. The molecule has 0 aliphatic carbocycles. The van der Waals surface area contributed by atoms with Gasteiger partial charge >= 0.3 is 6.16 Å². The van der Waals surface area contributed by atoms with Gasteiger partial charge in [0, 0.05) is 18.2 Å². The summed E-state index contributed by atoms with van der Waals surface area (Å²) in [7, 11) is 0. The number of halogens is 3. The van der Waals surface area contributed by atoms with E-state index in [0.717, 1.165) is 28.6 Å². The minimum atomic E-state index is -1.01. The molecular formula is C56H54F3N3O11. The molecule has 0 radical (unpaired) electrons. The molecule has 1 saturated heterocycles. The van der Waals surface area contributed by atoms with Crippen molar-refractivity contribution in [2.75, 3.05) is 54.8 Å². The molecule has 12 rings (SSSR count). The maximum atomic E-state index is 13.8. The summed E-state index contributed by atoms with van der Waals surface area (Å²) in [4.78, 5) is 15.1. The van der Waals surface area contributed by atoms with Crippen LogP contribution >= 0.6 is 0 Å². The van der Waals surface area contributed by atoms with E-state index < -0.39 is 35.8 Å². The largest absolute Gasteiger partial charge is 0.509 e. The van der Waals surface area contributed by atoms with Gasteiger partial charge < -0.3 is 63.2 Å². The first-order chi connectivity index (χ1) is 35.3. The molecule has 6 heterocycles. The molecule has 3 N–H and O–H groups in total. The van der Waals surface area contributed by atoms with Crippen LogP contribution in [0, 0.1) is 17.5 Å². The van der Waals surface area contributed by atoms with E-state index in [-0.39, 0.29) is 37.0 Å². The third kappa shape index (κ3) is 12.2.